The van der Waals surface area contributed by atoms with E-state index in [0.717, 1.165) is 44.9 Å². The lowest BCUT2D eigenvalue weighted by atomic mass is 9.67. The van der Waals surface area contributed by atoms with Gasteiger partial charge in [-0.15, -0.1) is 0 Å². The quantitative estimate of drug-likeness (QED) is 0.247. The monoisotopic (exact) mass is 424 g/mol. The first-order valence-corrected chi connectivity index (χ1v) is 12.6. The molecule has 0 amide bonds. The van der Waals surface area contributed by atoms with Gasteiger partial charge >= 0.3 is 11.9 Å². The number of unbranched alkanes of at least 4 members (excludes halogenated alkanes) is 2. The van der Waals surface area contributed by atoms with Crippen LogP contribution in [-0.2, 0) is 14.3 Å². The summed E-state index contributed by atoms with van der Waals surface area (Å²) in [5.41, 5.74) is -0.728. The summed E-state index contributed by atoms with van der Waals surface area (Å²) < 4.78 is 6.44. The van der Waals surface area contributed by atoms with Gasteiger partial charge in [0, 0.05) is 5.41 Å². The number of carbonyl (C=O) groups excluding carboxylic acids is 1. The molecule has 1 N–H and O–H groups in total. The van der Waals surface area contributed by atoms with Gasteiger partial charge in [0.25, 0.3) is 0 Å². The molecule has 0 aliphatic heterocycles. The van der Waals surface area contributed by atoms with E-state index in [2.05, 4.69) is 41.5 Å². The fourth-order valence-corrected chi connectivity index (χ4v) is 5.32. The van der Waals surface area contributed by atoms with Crippen LogP contribution in [0.4, 0.5) is 0 Å². The van der Waals surface area contributed by atoms with Crippen molar-refractivity contribution < 1.29 is 19.4 Å². The van der Waals surface area contributed by atoms with E-state index in [1.807, 2.05) is 0 Å². The van der Waals surface area contributed by atoms with Gasteiger partial charge in [-0.3, -0.25) is 9.59 Å². The summed E-state index contributed by atoms with van der Waals surface area (Å²) in [6, 6.07) is 0. The van der Waals surface area contributed by atoms with Gasteiger partial charge in [0.2, 0.25) is 0 Å². The number of aliphatic carboxylic acids is 1. The highest BCUT2D eigenvalue weighted by Gasteiger charge is 2.48. The van der Waals surface area contributed by atoms with Crippen molar-refractivity contribution in [2.45, 2.75) is 131 Å². The highest BCUT2D eigenvalue weighted by atomic mass is 16.6. The number of hydrogen-bond acceptors (Lipinski definition) is 3. The van der Waals surface area contributed by atoms with Gasteiger partial charge < -0.3 is 9.84 Å². The fourth-order valence-electron chi connectivity index (χ4n) is 5.32. The van der Waals surface area contributed by atoms with Crippen LogP contribution in [-0.4, -0.2) is 22.6 Å². The molecule has 1 aliphatic rings. The molecule has 0 bridgehead atoms. The van der Waals surface area contributed by atoms with E-state index in [-0.39, 0.29) is 11.4 Å². The highest BCUT2D eigenvalue weighted by molar-refractivity contribution is 5.81. The molecule has 0 spiro atoms. The molecule has 4 heteroatoms. The van der Waals surface area contributed by atoms with Crippen molar-refractivity contribution in [1.29, 1.82) is 0 Å². The average Bonchev–Trinajstić information content (AvgIpc) is 2.67. The third-order valence-electron chi connectivity index (χ3n) is 7.23. The minimum absolute atomic E-state index is 0.192. The zero-order chi connectivity index (χ0) is 22.8. The molecule has 0 aromatic heterocycles. The molecule has 1 saturated carbocycles. The molecule has 176 valence electrons. The summed E-state index contributed by atoms with van der Waals surface area (Å²) in [6.07, 6.45) is 12.9. The van der Waals surface area contributed by atoms with Crippen molar-refractivity contribution >= 4 is 11.9 Å². The predicted molar refractivity (Wildman–Crippen MR) is 123 cm³/mol. The van der Waals surface area contributed by atoms with Crippen LogP contribution < -0.4 is 0 Å². The molecule has 0 aromatic carbocycles. The number of carbonyl (C=O) groups is 2. The molecular formula is C26H48O4. The Morgan fingerprint density at radius 3 is 2.07 bits per heavy atom. The summed E-state index contributed by atoms with van der Waals surface area (Å²) in [5.74, 6) is -1.67. The SMILES string of the molecule is CCCCCC(CCC)CC(CCC)(OC(=O)C1CCCCC1C(=O)O)C(C)(C)C. The van der Waals surface area contributed by atoms with Gasteiger partial charge in [0.1, 0.15) is 5.60 Å². The van der Waals surface area contributed by atoms with Gasteiger partial charge in [0.05, 0.1) is 11.8 Å². The van der Waals surface area contributed by atoms with Gasteiger partial charge in [-0.2, -0.15) is 0 Å². The molecule has 0 heterocycles. The van der Waals surface area contributed by atoms with Crippen LogP contribution in [0.25, 0.3) is 0 Å². The molecule has 1 aliphatic carbocycles. The van der Waals surface area contributed by atoms with Gasteiger partial charge in [-0.05, 0) is 31.6 Å². The van der Waals surface area contributed by atoms with E-state index in [4.69, 9.17) is 4.74 Å². The van der Waals surface area contributed by atoms with Crippen molar-refractivity contribution in [1.82, 2.24) is 0 Å². The van der Waals surface area contributed by atoms with Crippen molar-refractivity contribution in [3.05, 3.63) is 0 Å². The van der Waals surface area contributed by atoms with E-state index in [1.54, 1.807) is 0 Å². The van der Waals surface area contributed by atoms with Gasteiger partial charge in [-0.1, -0.05) is 99.3 Å². The lowest BCUT2D eigenvalue weighted by Crippen LogP contribution is -2.50. The Hall–Kier alpha value is -1.06. The number of rotatable bonds is 13. The molecule has 30 heavy (non-hydrogen) atoms. The molecule has 4 unspecified atom stereocenters. The van der Waals surface area contributed by atoms with Crippen molar-refractivity contribution in [3.8, 4) is 0 Å². The fraction of sp³-hybridized carbons (Fsp3) is 0.923. The second-order valence-electron chi connectivity index (χ2n) is 10.6. The highest BCUT2D eigenvalue weighted by Crippen LogP contribution is 2.45. The maximum absolute atomic E-state index is 13.4. The van der Waals surface area contributed by atoms with Crippen molar-refractivity contribution in [2.24, 2.45) is 23.2 Å². The lowest BCUT2D eigenvalue weighted by Gasteiger charge is -2.47. The molecule has 0 aromatic rings. The first kappa shape index (κ1) is 27.0. The first-order chi connectivity index (χ1) is 14.1. The van der Waals surface area contributed by atoms with E-state index < -0.39 is 23.4 Å². The Morgan fingerprint density at radius 1 is 0.933 bits per heavy atom. The van der Waals surface area contributed by atoms with E-state index in [9.17, 15) is 14.7 Å². The van der Waals surface area contributed by atoms with E-state index >= 15 is 0 Å². The second kappa shape index (κ2) is 12.7. The standard InChI is InChI=1S/C26H48O4/c1-7-10-11-15-20(14-8-2)19-26(18-9-3,25(4,5)6)30-24(29)22-17-13-12-16-21(22)23(27)28/h20-22H,7-19H2,1-6H3,(H,27,28). The average molecular weight is 425 g/mol. The molecule has 0 radical (unpaired) electrons. The maximum atomic E-state index is 13.4. The van der Waals surface area contributed by atoms with Crippen molar-refractivity contribution in [3.63, 3.8) is 0 Å². The maximum Gasteiger partial charge on any atom is 0.310 e. The van der Waals surface area contributed by atoms with E-state index in [1.165, 1.54) is 25.7 Å². The Kier molecular flexibility index (Phi) is 11.4. The van der Waals surface area contributed by atoms with Gasteiger partial charge in [0.15, 0.2) is 0 Å². The summed E-state index contributed by atoms with van der Waals surface area (Å²) in [4.78, 5) is 25.1. The first-order valence-electron chi connectivity index (χ1n) is 12.6. The zero-order valence-electron chi connectivity index (χ0n) is 20.6. The third-order valence-corrected chi connectivity index (χ3v) is 7.23. The number of carboxylic acids is 1. The lowest BCUT2D eigenvalue weighted by molar-refractivity contribution is -0.189. The Balaban J connectivity index is 3.13. The van der Waals surface area contributed by atoms with E-state index in [0.29, 0.717) is 18.8 Å². The van der Waals surface area contributed by atoms with Crippen molar-refractivity contribution in [2.75, 3.05) is 0 Å². The third kappa shape index (κ3) is 7.57. The Labute approximate surface area is 185 Å². The largest absolute Gasteiger partial charge is 0.481 e. The number of carboxylic acid groups (broad SMARTS) is 1. The summed E-state index contributed by atoms with van der Waals surface area (Å²) in [5, 5.41) is 9.65. The van der Waals surface area contributed by atoms with Crippen LogP contribution in [0, 0.1) is 23.2 Å². The number of esters is 1. The van der Waals surface area contributed by atoms with Crippen LogP contribution in [0.15, 0.2) is 0 Å². The van der Waals surface area contributed by atoms with Crippen LogP contribution >= 0.6 is 0 Å². The molecule has 4 atom stereocenters. The number of hydrogen-bond donors (Lipinski definition) is 1. The van der Waals surface area contributed by atoms with Crippen LogP contribution in [0.3, 0.4) is 0 Å². The summed E-state index contributed by atoms with van der Waals surface area (Å²) in [6.45, 7) is 13.2. The predicted octanol–water partition coefficient (Wildman–Crippen LogP) is 7.39. The Morgan fingerprint density at radius 2 is 1.57 bits per heavy atom. The summed E-state index contributed by atoms with van der Waals surface area (Å²) in [7, 11) is 0. The molecule has 0 saturated heterocycles. The van der Waals surface area contributed by atoms with Crippen LogP contribution in [0.2, 0.25) is 0 Å². The van der Waals surface area contributed by atoms with Crippen LogP contribution in [0.1, 0.15) is 125 Å². The molecule has 1 fully saturated rings. The molecule has 4 nitrogen and oxygen atoms in total. The molecular weight excluding hydrogens is 376 g/mol. The minimum atomic E-state index is -0.850. The number of ether oxygens (including phenoxy) is 1. The summed E-state index contributed by atoms with van der Waals surface area (Å²) >= 11 is 0. The normalized spacial score (nSPS) is 22.9. The molecule has 1 rings (SSSR count). The topological polar surface area (TPSA) is 63.6 Å². The van der Waals surface area contributed by atoms with Crippen LogP contribution in [0.5, 0.6) is 0 Å². The Bertz CT molecular complexity index is 522. The zero-order valence-corrected chi connectivity index (χ0v) is 20.6. The van der Waals surface area contributed by atoms with Gasteiger partial charge in [-0.25, -0.2) is 0 Å². The minimum Gasteiger partial charge on any atom is -0.481 e. The smallest absolute Gasteiger partial charge is 0.310 e. The second-order valence-corrected chi connectivity index (χ2v) is 10.6.